The lowest BCUT2D eigenvalue weighted by molar-refractivity contribution is 0.309. The Bertz CT molecular complexity index is 392. The van der Waals surface area contributed by atoms with Crippen molar-refractivity contribution in [2.75, 3.05) is 13.1 Å². The Balaban J connectivity index is 2.15. The fraction of sp³-hybridized carbons (Fsp3) is 1.00. The number of hydrogen-bond acceptors (Lipinski definition) is 2. The van der Waals surface area contributed by atoms with Crippen molar-refractivity contribution < 1.29 is 4.57 Å². The lowest BCUT2D eigenvalue weighted by Gasteiger charge is -2.43. The van der Waals surface area contributed by atoms with Crippen molar-refractivity contribution in [1.29, 1.82) is 0 Å². The molecule has 24 heavy (non-hydrogen) atoms. The highest BCUT2D eigenvalue weighted by molar-refractivity contribution is 8.02. The largest absolute Gasteiger partial charge is 0.291 e. The highest BCUT2D eigenvalue weighted by Crippen LogP contribution is 2.55. The molecule has 1 unspecified atom stereocenters. The molecule has 0 aromatic heterocycles. The molecule has 0 amide bonds. The second kappa shape index (κ2) is 10.6. The maximum Gasteiger partial charge on any atom is 0.291 e. The first-order valence-electron chi connectivity index (χ1n) is 10.2. The highest BCUT2D eigenvalue weighted by atomic mass is 32.2. The van der Waals surface area contributed by atoms with Crippen LogP contribution in [0.2, 0.25) is 0 Å². The maximum atomic E-state index is 13.8. The van der Waals surface area contributed by atoms with E-state index in [1.54, 1.807) is 0 Å². The molecule has 2 aliphatic rings. The summed E-state index contributed by atoms with van der Waals surface area (Å²) in [5.74, 6) is 0. The smallest absolute Gasteiger partial charge is 0.270 e. The highest BCUT2D eigenvalue weighted by Gasteiger charge is 2.40. The molecule has 2 N–H and O–H groups in total. The molecule has 0 radical (unpaired) electrons. The van der Waals surface area contributed by atoms with Gasteiger partial charge in [-0.25, -0.2) is 4.67 Å². The van der Waals surface area contributed by atoms with Gasteiger partial charge in [0.15, 0.2) is 0 Å². The van der Waals surface area contributed by atoms with Gasteiger partial charge in [-0.15, -0.1) is 0 Å². The molecular formula is C18H38N3OPS. The van der Waals surface area contributed by atoms with E-state index in [9.17, 15) is 4.57 Å². The standard InChI is InChI=1S/C18H38N3OPS/c1-3-15-20(16-4-2)23(19,22)21(17-11-7-5-8-12-17)24-18-13-9-6-10-14-18/h17-18H,3-16H2,1-2H3,(H2,19,22). The van der Waals surface area contributed by atoms with Crippen molar-refractivity contribution in [1.82, 2.24) is 8.75 Å². The summed E-state index contributed by atoms with van der Waals surface area (Å²) in [4.78, 5) is 0. The van der Waals surface area contributed by atoms with Gasteiger partial charge in [0.25, 0.3) is 7.59 Å². The van der Waals surface area contributed by atoms with Gasteiger partial charge >= 0.3 is 0 Å². The molecule has 0 spiro atoms. The van der Waals surface area contributed by atoms with Gasteiger partial charge < -0.3 is 0 Å². The van der Waals surface area contributed by atoms with Crippen LogP contribution in [0.15, 0.2) is 0 Å². The van der Waals surface area contributed by atoms with Gasteiger partial charge in [-0.3, -0.25) is 10.1 Å². The van der Waals surface area contributed by atoms with Crippen LogP contribution in [0.25, 0.3) is 0 Å². The Kier molecular flexibility index (Phi) is 9.15. The molecule has 2 fully saturated rings. The topological polar surface area (TPSA) is 49.6 Å². The predicted octanol–water partition coefficient (Wildman–Crippen LogP) is 5.79. The van der Waals surface area contributed by atoms with E-state index in [-0.39, 0.29) is 0 Å². The van der Waals surface area contributed by atoms with Crippen molar-refractivity contribution in [3.05, 3.63) is 0 Å². The summed E-state index contributed by atoms with van der Waals surface area (Å²) < 4.78 is 18.1. The summed E-state index contributed by atoms with van der Waals surface area (Å²) in [7, 11) is -2.95. The molecule has 2 saturated carbocycles. The number of nitrogens with two attached hydrogens (primary N) is 1. The van der Waals surface area contributed by atoms with Gasteiger partial charge in [-0.05, 0) is 38.5 Å². The van der Waals surface area contributed by atoms with Crippen molar-refractivity contribution in [2.24, 2.45) is 5.50 Å². The molecule has 1 atom stereocenters. The Morgan fingerprint density at radius 2 is 1.42 bits per heavy atom. The summed E-state index contributed by atoms with van der Waals surface area (Å²) in [6.45, 7) is 6.00. The van der Waals surface area contributed by atoms with Crippen LogP contribution in [0.4, 0.5) is 0 Å². The Morgan fingerprint density at radius 1 is 0.917 bits per heavy atom. The van der Waals surface area contributed by atoms with Crippen LogP contribution in [-0.4, -0.2) is 33.1 Å². The fourth-order valence-corrected chi connectivity index (χ4v) is 8.46. The zero-order chi connectivity index (χ0) is 17.4. The van der Waals surface area contributed by atoms with Crippen molar-refractivity contribution in [3.8, 4) is 0 Å². The summed E-state index contributed by atoms with van der Waals surface area (Å²) in [6, 6.07) is 0.401. The fourth-order valence-electron chi connectivity index (χ4n) is 4.05. The van der Waals surface area contributed by atoms with Gasteiger partial charge in [0.1, 0.15) is 0 Å². The SMILES string of the molecule is CCCN(CCC)P(N)(=O)N(SC1CCCCC1)C1CCCCC1. The van der Waals surface area contributed by atoms with Crippen LogP contribution >= 0.6 is 19.5 Å². The Morgan fingerprint density at radius 3 is 1.92 bits per heavy atom. The molecule has 2 rings (SSSR count). The van der Waals surface area contributed by atoms with Crippen LogP contribution < -0.4 is 5.50 Å². The summed E-state index contributed by atoms with van der Waals surface area (Å²) in [5, 5.41) is 0.614. The van der Waals surface area contributed by atoms with E-state index in [2.05, 4.69) is 22.6 Å². The third kappa shape index (κ3) is 5.74. The monoisotopic (exact) mass is 375 g/mol. The second-order valence-electron chi connectivity index (χ2n) is 7.50. The first-order chi connectivity index (χ1) is 11.6. The van der Waals surface area contributed by atoms with Gasteiger partial charge in [-0.2, -0.15) is 4.08 Å². The van der Waals surface area contributed by atoms with E-state index < -0.39 is 7.59 Å². The van der Waals surface area contributed by atoms with E-state index in [0.717, 1.165) is 38.8 Å². The molecule has 6 heteroatoms. The summed E-state index contributed by atoms with van der Waals surface area (Å²) in [5.41, 5.74) is 6.61. The van der Waals surface area contributed by atoms with Gasteiger partial charge in [0.2, 0.25) is 0 Å². The lowest BCUT2D eigenvalue weighted by atomic mass is 9.96. The van der Waals surface area contributed by atoms with Crippen molar-refractivity contribution in [3.63, 3.8) is 0 Å². The van der Waals surface area contributed by atoms with Gasteiger partial charge in [0, 0.05) is 24.4 Å². The number of nitrogens with zero attached hydrogens (tertiary/aromatic N) is 2. The molecule has 2 aliphatic carbocycles. The second-order valence-corrected chi connectivity index (χ2v) is 11.2. The minimum absolute atomic E-state index is 0.401. The predicted molar refractivity (Wildman–Crippen MR) is 107 cm³/mol. The van der Waals surface area contributed by atoms with E-state index in [0.29, 0.717) is 11.3 Å². The van der Waals surface area contributed by atoms with E-state index in [4.69, 9.17) is 5.50 Å². The van der Waals surface area contributed by atoms with Gasteiger partial charge in [0.05, 0.1) is 0 Å². The van der Waals surface area contributed by atoms with Crippen molar-refractivity contribution in [2.45, 2.75) is 102 Å². The van der Waals surface area contributed by atoms with Gasteiger partial charge in [-0.1, -0.05) is 64.3 Å². The summed E-state index contributed by atoms with van der Waals surface area (Å²) >= 11 is 1.86. The summed E-state index contributed by atoms with van der Waals surface area (Å²) in [6.07, 6.45) is 14.7. The molecule has 0 aliphatic heterocycles. The van der Waals surface area contributed by atoms with Crippen molar-refractivity contribution >= 4 is 19.5 Å². The van der Waals surface area contributed by atoms with Crippen LogP contribution in [0.3, 0.4) is 0 Å². The maximum absolute atomic E-state index is 13.8. The molecular weight excluding hydrogens is 337 g/mol. The first kappa shape index (κ1) is 20.8. The molecule has 0 saturated heterocycles. The average molecular weight is 376 g/mol. The number of hydrogen-bond donors (Lipinski definition) is 1. The normalized spacial score (nSPS) is 23.7. The van der Waals surface area contributed by atoms with E-state index in [1.165, 1.54) is 51.4 Å². The zero-order valence-electron chi connectivity index (χ0n) is 15.8. The molecule has 0 aromatic carbocycles. The third-order valence-corrected chi connectivity index (χ3v) is 9.72. The molecule has 0 aromatic rings. The average Bonchev–Trinajstić information content (AvgIpc) is 2.61. The lowest BCUT2D eigenvalue weighted by Crippen LogP contribution is -2.40. The third-order valence-electron chi connectivity index (χ3n) is 5.35. The minimum Gasteiger partial charge on any atom is -0.270 e. The van der Waals surface area contributed by atoms with Crippen LogP contribution in [0.1, 0.15) is 90.9 Å². The minimum atomic E-state index is -2.95. The van der Waals surface area contributed by atoms with E-state index >= 15 is 0 Å². The van der Waals surface area contributed by atoms with Crippen LogP contribution in [-0.2, 0) is 4.57 Å². The number of rotatable bonds is 9. The van der Waals surface area contributed by atoms with Crippen LogP contribution in [0, 0.1) is 0 Å². The Labute approximate surface area is 154 Å². The Hall–Kier alpha value is 0.460. The quantitative estimate of drug-likeness (QED) is 0.408. The molecule has 0 heterocycles. The van der Waals surface area contributed by atoms with E-state index in [1.807, 2.05) is 11.9 Å². The molecule has 0 bridgehead atoms. The first-order valence-corrected chi connectivity index (χ1v) is 12.7. The molecule has 142 valence electrons. The zero-order valence-corrected chi connectivity index (χ0v) is 17.5. The van der Waals surface area contributed by atoms with Crippen LogP contribution in [0.5, 0.6) is 0 Å². The molecule has 4 nitrogen and oxygen atoms in total.